The lowest BCUT2D eigenvalue weighted by Crippen LogP contribution is -2.54. The van der Waals surface area contributed by atoms with Crippen molar-refractivity contribution in [3.63, 3.8) is 0 Å². The summed E-state index contributed by atoms with van der Waals surface area (Å²) in [6, 6.07) is 0.0208. The SMILES string of the molecule is CC(CN1CCCC1)NC(=O)C1(C(=O)O)CCC1. The third-order valence-electron chi connectivity index (χ3n) is 4.16. The van der Waals surface area contributed by atoms with Crippen molar-refractivity contribution in [3.05, 3.63) is 0 Å². The molecule has 0 aromatic carbocycles. The number of hydrogen-bond acceptors (Lipinski definition) is 3. The van der Waals surface area contributed by atoms with Crippen molar-refractivity contribution in [3.8, 4) is 0 Å². The maximum atomic E-state index is 12.1. The van der Waals surface area contributed by atoms with E-state index in [1.807, 2.05) is 6.92 Å². The summed E-state index contributed by atoms with van der Waals surface area (Å²) in [5, 5.41) is 12.0. The van der Waals surface area contributed by atoms with Crippen LogP contribution in [0, 0.1) is 5.41 Å². The number of hydrogen-bond donors (Lipinski definition) is 2. The Balaban J connectivity index is 1.84. The van der Waals surface area contributed by atoms with E-state index in [1.54, 1.807) is 0 Å². The zero-order chi connectivity index (χ0) is 13.2. The molecule has 1 aliphatic heterocycles. The first-order valence-corrected chi connectivity index (χ1v) is 6.81. The second-order valence-electron chi connectivity index (χ2n) is 5.62. The van der Waals surface area contributed by atoms with Crippen LogP contribution in [0.3, 0.4) is 0 Å². The van der Waals surface area contributed by atoms with Gasteiger partial charge in [0, 0.05) is 12.6 Å². The largest absolute Gasteiger partial charge is 0.480 e. The average molecular weight is 254 g/mol. The third kappa shape index (κ3) is 2.51. The van der Waals surface area contributed by atoms with Gasteiger partial charge < -0.3 is 15.3 Å². The van der Waals surface area contributed by atoms with Crippen molar-refractivity contribution < 1.29 is 14.7 Å². The second-order valence-corrected chi connectivity index (χ2v) is 5.62. The molecule has 0 aromatic rings. The van der Waals surface area contributed by atoms with E-state index in [0.717, 1.165) is 26.1 Å². The zero-order valence-electron chi connectivity index (χ0n) is 10.9. The Morgan fingerprint density at radius 2 is 1.89 bits per heavy atom. The van der Waals surface area contributed by atoms with Crippen LogP contribution in [-0.4, -0.2) is 47.6 Å². The molecular formula is C13H22N2O3. The molecular weight excluding hydrogens is 232 g/mol. The third-order valence-corrected chi connectivity index (χ3v) is 4.16. The van der Waals surface area contributed by atoms with E-state index in [1.165, 1.54) is 12.8 Å². The molecule has 0 radical (unpaired) electrons. The number of likely N-dealkylation sites (tertiary alicyclic amines) is 1. The minimum atomic E-state index is -1.14. The standard InChI is InChI=1S/C13H22N2O3/c1-10(9-15-7-2-3-8-15)14-11(16)13(12(17)18)5-4-6-13/h10H,2-9H2,1H3,(H,14,16)(H,17,18). The number of nitrogens with one attached hydrogen (secondary N) is 1. The number of carboxylic acid groups (broad SMARTS) is 1. The molecule has 1 saturated carbocycles. The predicted octanol–water partition coefficient (Wildman–Crippen LogP) is 0.842. The Labute approximate surface area is 108 Å². The van der Waals surface area contributed by atoms with Gasteiger partial charge in [0.05, 0.1) is 0 Å². The van der Waals surface area contributed by atoms with Gasteiger partial charge in [-0.2, -0.15) is 0 Å². The van der Waals surface area contributed by atoms with E-state index in [0.29, 0.717) is 12.8 Å². The monoisotopic (exact) mass is 254 g/mol. The van der Waals surface area contributed by atoms with Gasteiger partial charge in [-0.15, -0.1) is 0 Å². The molecule has 0 bridgehead atoms. The number of amides is 1. The zero-order valence-corrected chi connectivity index (χ0v) is 10.9. The summed E-state index contributed by atoms with van der Waals surface area (Å²) in [6.45, 7) is 4.94. The minimum Gasteiger partial charge on any atom is -0.480 e. The maximum absolute atomic E-state index is 12.1. The van der Waals surface area contributed by atoms with Gasteiger partial charge in [-0.1, -0.05) is 6.42 Å². The van der Waals surface area contributed by atoms with E-state index >= 15 is 0 Å². The number of carbonyl (C=O) groups excluding carboxylic acids is 1. The predicted molar refractivity (Wildman–Crippen MR) is 67.2 cm³/mol. The van der Waals surface area contributed by atoms with Gasteiger partial charge in [-0.05, 0) is 45.7 Å². The summed E-state index contributed by atoms with van der Waals surface area (Å²) in [7, 11) is 0. The van der Waals surface area contributed by atoms with Gasteiger partial charge >= 0.3 is 5.97 Å². The molecule has 0 spiro atoms. The number of carbonyl (C=O) groups is 2. The molecule has 5 nitrogen and oxygen atoms in total. The summed E-state index contributed by atoms with van der Waals surface area (Å²) in [5.41, 5.74) is -1.14. The van der Waals surface area contributed by atoms with E-state index in [9.17, 15) is 14.7 Å². The van der Waals surface area contributed by atoms with Gasteiger partial charge in [-0.3, -0.25) is 9.59 Å². The first kappa shape index (κ1) is 13.3. The van der Waals surface area contributed by atoms with Gasteiger partial charge in [0.25, 0.3) is 0 Å². The molecule has 5 heteroatoms. The normalized spacial score (nSPS) is 24.3. The summed E-state index contributed by atoms with van der Waals surface area (Å²) in [6.07, 6.45) is 4.23. The number of nitrogens with zero attached hydrogens (tertiary/aromatic N) is 1. The topological polar surface area (TPSA) is 69.6 Å². The van der Waals surface area contributed by atoms with E-state index in [4.69, 9.17) is 0 Å². The molecule has 1 heterocycles. The lowest BCUT2D eigenvalue weighted by atomic mass is 9.68. The van der Waals surface area contributed by atoms with Gasteiger partial charge in [0.1, 0.15) is 5.41 Å². The highest BCUT2D eigenvalue weighted by molar-refractivity contribution is 6.02. The maximum Gasteiger partial charge on any atom is 0.319 e. The van der Waals surface area contributed by atoms with Crippen molar-refractivity contribution in [2.75, 3.05) is 19.6 Å². The van der Waals surface area contributed by atoms with Crippen LogP contribution in [0.5, 0.6) is 0 Å². The Hall–Kier alpha value is -1.10. The van der Waals surface area contributed by atoms with E-state index < -0.39 is 11.4 Å². The fraction of sp³-hybridized carbons (Fsp3) is 0.846. The molecule has 2 N–H and O–H groups in total. The van der Waals surface area contributed by atoms with Gasteiger partial charge in [-0.25, -0.2) is 0 Å². The Morgan fingerprint density at radius 3 is 2.33 bits per heavy atom. The van der Waals surface area contributed by atoms with Crippen LogP contribution in [0.2, 0.25) is 0 Å². The smallest absolute Gasteiger partial charge is 0.319 e. The number of rotatable bonds is 5. The molecule has 2 rings (SSSR count). The summed E-state index contributed by atoms with van der Waals surface area (Å²) in [4.78, 5) is 25.6. The molecule has 1 aliphatic carbocycles. The Bertz CT molecular complexity index is 333. The fourth-order valence-electron chi connectivity index (χ4n) is 2.83. The summed E-state index contributed by atoms with van der Waals surface area (Å²) < 4.78 is 0. The second kappa shape index (κ2) is 5.26. The highest BCUT2D eigenvalue weighted by atomic mass is 16.4. The number of carboxylic acids is 1. The van der Waals surface area contributed by atoms with Crippen molar-refractivity contribution in [2.24, 2.45) is 5.41 Å². The molecule has 1 saturated heterocycles. The van der Waals surface area contributed by atoms with Crippen molar-refractivity contribution >= 4 is 11.9 Å². The minimum absolute atomic E-state index is 0.0208. The fourth-order valence-corrected chi connectivity index (χ4v) is 2.83. The van der Waals surface area contributed by atoms with Crippen LogP contribution in [0.25, 0.3) is 0 Å². The molecule has 102 valence electrons. The molecule has 2 fully saturated rings. The molecule has 18 heavy (non-hydrogen) atoms. The average Bonchev–Trinajstić information content (AvgIpc) is 2.66. The van der Waals surface area contributed by atoms with Crippen LogP contribution in [-0.2, 0) is 9.59 Å². The molecule has 2 aliphatic rings. The summed E-state index contributed by atoms with van der Waals surface area (Å²) >= 11 is 0. The van der Waals surface area contributed by atoms with Crippen LogP contribution in [0.15, 0.2) is 0 Å². The van der Waals surface area contributed by atoms with Gasteiger partial charge in [0.15, 0.2) is 0 Å². The molecule has 1 unspecified atom stereocenters. The quantitative estimate of drug-likeness (QED) is 0.713. The van der Waals surface area contributed by atoms with Crippen molar-refractivity contribution in [2.45, 2.75) is 45.1 Å². The van der Waals surface area contributed by atoms with Crippen molar-refractivity contribution in [1.82, 2.24) is 10.2 Å². The first-order valence-electron chi connectivity index (χ1n) is 6.81. The highest BCUT2D eigenvalue weighted by Crippen LogP contribution is 2.41. The highest BCUT2D eigenvalue weighted by Gasteiger charge is 2.51. The number of aliphatic carboxylic acids is 1. The van der Waals surface area contributed by atoms with Crippen LogP contribution >= 0.6 is 0 Å². The molecule has 1 atom stereocenters. The summed E-state index contributed by atoms with van der Waals surface area (Å²) in [5.74, 6) is -1.27. The Kier molecular flexibility index (Phi) is 3.90. The van der Waals surface area contributed by atoms with Crippen LogP contribution in [0.1, 0.15) is 39.0 Å². The van der Waals surface area contributed by atoms with E-state index in [-0.39, 0.29) is 11.9 Å². The van der Waals surface area contributed by atoms with Crippen LogP contribution in [0.4, 0.5) is 0 Å². The molecule has 0 aromatic heterocycles. The lowest BCUT2D eigenvalue weighted by molar-refractivity contribution is -0.162. The van der Waals surface area contributed by atoms with Crippen LogP contribution < -0.4 is 5.32 Å². The van der Waals surface area contributed by atoms with E-state index in [2.05, 4.69) is 10.2 Å². The first-order chi connectivity index (χ1) is 8.54. The lowest BCUT2D eigenvalue weighted by Gasteiger charge is -2.37. The molecule has 1 amide bonds. The Morgan fingerprint density at radius 1 is 1.28 bits per heavy atom. The van der Waals surface area contributed by atoms with Gasteiger partial charge in [0.2, 0.25) is 5.91 Å². The van der Waals surface area contributed by atoms with Crippen molar-refractivity contribution in [1.29, 1.82) is 0 Å².